The first-order chi connectivity index (χ1) is 12.0. The van der Waals surface area contributed by atoms with Crippen molar-refractivity contribution < 1.29 is 17.9 Å². The third-order valence-corrected chi connectivity index (χ3v) is 7.25. The van der Waals surface area contributed by atoms with Gasteiger partial charge in [-0.3, -0.25) is 9.78 Å². The van der Waals surface area contributed by atoms with Crippen molar-refractivity contribution in [3.63, 3.8) is 0 Å². The van der Waals surface area contributed by atoms with Gasteiger partial charge in [-0.15, -0.1) is 0 Å². The van der Waals surface area contributed by atoms with Gasteiger partial charge in [0.2, 0.25) is 0 Å². The predicted molar refractivity (Wildman–Crippen MR) is 94.6 cm³/mol. The molecule has 1 aromatic heterocycles. The molecule has 0 bridgehead atoms. The van der Waals surface area contributed by atoms with Gasteiger partial charge in [0, 0.05) is 29.8 Å². The second-order valence-electron chi connectivity index (χ2n) is 6.36. The molecule has 2 aromatic rings. The molecule has 8 heteroatoms. The number of benzene rings is 1. The fourth-order valence-electron chi connectivity index (χ4n) is 3.67. The van der Waals surface area contributed by atoms with Crippen molar-refractivity contribution in [1.82, 2.24) is 9.88 Å². The lowest BCUT2D eigenvalue weighted by atomic mass is 10.0. The van der Waals surface area contributed by atoms with Crippen LogP contribution in [0, 0.1) is 0 Å². The fraction of sp³-hybridized carbons (Fsp3) is 0.412. The Labute approximate surface area is 150 Å². The minimum Gasteiger partial charge on any atom is -0.380 e. The Kier molecular flexibility index (Phi) is 4.17. The maximum absolute atomic E-state index is 13.2. The van der Waals surface area contributed by atoms with Gasteiger partial charge >= 0.3 is 0 Å². The van der Waals surface area contributed by atoms with Crippen molar-refractivity contribution in [1.29, 1.82) is 0 Å². The lowest BCUT2D eigenvalue weighted by Crippen LogP contribution is -2.60. The van der Waals surface area contributed by atoms with E-state index in [0.717, 1.165) is 5.39 Å². The summed E-state index contributed by atoms with van der Waals surface area (Å²) in [5, 5.41) is 0.584. The molecule has 2 aliphatic heterocycles. The van der Waals surface area contributed by atoms with E-state index in [9.17, 15) is 13.2 Å². The van der Waals surface area contributed by atoms with Gasteiger partial charge < -0.3 is 9.64 Å². The summed E-state index contributed by atoms with van der Waals surface area (Å²) < 4.78 is 30.0. The Morgan fingerprint density at radius 1 is 1.36 bits per heavy atom. The molecule has 0 saturated carbocycles. The van der Waals surface area contributed by atoms with E-state index >= 15 is 0 Å². The first-order valence-electron chi connectivity index (χ1n) is 8.12. The average Bonchev–Trinajstić information content (AvgIpc) is 2.61. The van der Waals surface area contributed by atoms with E-state index in [0.29, 0.717) is 29.1 Å². The maximum Gasteiger partial charge on any atom is 0.256 e. The van der Waals surface area contributed by atoms with Gasteiger partial charge in [0.05, 0.1) is 29.5 Å². The molecule has 2 atom stereocenters. The van der Waals surface area contributed by atoms with Gasteiger partial charge in [-0.1, -0.05) is 17.7 Å². The minimum atomic E-state index is -3.24. The van der Waals surface area contributed by atoms with Crippen LogP contribution in [-0.2, 0) is 14.6 Å². The number of carbonyl (C=O) groups excluding carboxylic acids is 1. The maximum atomic E-state index is 13.2. The zero-order valence-electron chi connectivity index (χ0n) is 13.4. The van der Waals surface area contributed by atoms with Crippen LogP contribution in [0.3, 0.4) is 0 Å². The van der Waals surface area contributed by atoms with E-state index < -0.39 is 15.1 Å². The third-order valence-electron chi connectivity index (χ3n) is 4.91. The highest BCUT2D eigenvalue weighted by molar-refractivity contribution is 7.92. The fourth-order valence-corrected chi connectivity index (χ4v) is 5.71. The van der Waals surface area contributed by atoms with Gasteiger partial charge in [-0.05, 0) is 24.6 Å². The largest absolute Gasteiger partial charge is 0.380 e. The molecule has 0 N–H and O–H groups in total. The number of carbonyl (C=O) groups is 1. The van der Waals surface area contributed by atoms with Crippen molar-refractivity contribution in [2.45, 2.75) is 17.7 Å². The van der Waals surface area contributed by atoms with E-state index in [1.165, 1.54) is 0 Å². The van der Waals surface area contributed by atoms with E-state index in [-0.39, 0.29) is 30.9 Å². The Bertz CT molecular complexity index is 947. The average molecular weight is 381 g/mol. The third kappa shape index (κ3) is 2.90. The molecule has 0 unspecified atom stereocenters. The van der Waals surface area contributed by atoms with E-state index in [4.69, 9.17) is 16.3 Å². The van der Waals surface area contributed by atoms with Crippen LogP contribution in [0.5, 0.6) is 0 Å². The Morgan fingerprint density at radius 3 is 3.04 bits per heavy atom. The molecule has 0 spiro atoms. The molecule has 0 aliphatic carbocycles. The Morgan fingerprint density at radius 2 is 2.20 bits per heavy atom. The molecule has 2 saturated heterocycles. The van der Waals surface area contributed by atoms with Crippen molar-refractivity contribution in [3.05, 3.63) is 41.0 Å². The summed E-state index contributed by atoms with van der Waals surface area (Å²) in [6, 6.07) is 6.64. The van der Waals surface area contributed by atoms with Crippen LogP contribution >= 0.6 is 11.6 Å². The van der Waals surface area contributed by atoms with Crippen LogP contribution < -0.4 is 0 Å². The van der Waals surface area contributed by atoms with Gasteiger partial charge in [0.1, 0.15) is 5.25 Å². The second-order valence-corrected chi connectivity index (χ2v) is 9.14. The number of amides is 1. The normalized spacial score (nSPS) is 25.6. The summed E-state index contributed by atoms with van der Waals surface area (Å²) in [4.78, 5) is 19.2. The molecule has 4 rings (SSSR count). The van der Waals surface area contributed by atoms with E-state index in [1.807, 2.05) is 6.07 Å². The SMILES string of the molecule is O=C(c1cc(Cl)cc2cccnc12)N1CCS(=O)(=O)[C@@H]2COCC[C@@H]21. The van der Waals surface area contributed by atoms with E-state index in [1.54, 1.807) is 29.3 Å². The zero-order valence-corrected chi connectivity index (χ0v) is 15.0. The number of sulfone groups is 1. The van der Waals surface area contributed by atoms with Crippen LogP contribution in [0.15, 0.2) is 30.5 Å². The quantitative estimate of drug-likeness (QED) is 0.755. The number of ether oxygens (including phenoxy) is 1. The highest BCUT2D eigenvalue weighted by Gasteiger charge is 2.45. The molecular weight excluding hydrogens is 364 g/mol. The number of rotatable bonds is 1. The van der Waals surface area contributed by atoms with Crippen molar-refractivity contribution in [2.75, 3.05) is 25.5 Å². The molecule has 0 radical (unpaired) electrons. The number of fused-ring (bicyclic) bond motifs is 2. The van der Waals surface area contributed by atoms with Crippen LogP contribution in [0.4, 0.5) is 0 Å². The zero-order chi connectivity index (χ0) is 17.6. The number of hydrogen-bond acceptors (Lipinski definition) is 5. The topological polar surface area (TPSA) is 76.6 Å². The molecule has 1 aromatic carbocycles. The van der Waals surface area contributed by atoms with Crippen molar-refractivity contribution in [2.24, 2.45) is 0 Å². The molecule has 6 nitrogen and oxygen atoms in total. The lowest BCUT2D eigenvalue weighted by Gasteiger charge is -2.43. The van der Waals surface area contributed by atoms with Crippen LogP contribution in [0.1, 0.15) is 16.8 Å². The molecule has 2 aliphatic rings. The standard InChI is InChI=1S/C17H17ClN2O4S/c18-12-8-11-2-1-4-19-16(11)13(9-12)17(21)20-5-7-25(22,23)15-10-24-6-3-14(15)20/h1-2,4,8-9,14-15H,3,5-7,10H2/t14-,15+/m0/s1. The summed E-state index contributed by atoms with van der Waals surface area (Å²) in [6.45, 7) is 0.781. The lowest BCUT2D eigenvalue weighted by molar-refractivity contribution is 0.0295. The number of hydrogen-bond donors (Lipinski definition) is 0. The summed E-state index contributed by atoms with van der Waals surface area (Å²) in [6.07, 6.45) is 2.15. The number of halogens is 1. The first kappa shape index (κ1) is 16.8. The highest BCUT2D eigenvalue weighted by Crippen LogP contribution is 2.30. The van der Waals surface area contributed by atoms with Crippen LogP contribution in [-0.4, -0.2) is 61.0 Å². The summed E-state index contributed by atoms with van der Waals surface area (Å²) in [5.74, 6) is -0.271. The second kappa shape index (κ2) is 6.23. The summed E-state index contributed by atoms with van der Waals surface area (Å²) in [7, 11) is -3.24. The summed E-state index contributed by atoms with van der Waals surface area (Å²) >= 11 is 6.18. The van der Waals surface area contributed by atoms with Crippen molar-refractivity contribution in [3.8, 4) is 0 Å². The smallest absolute Gasteiger partial charge is 0.256 e. The minimum absolute atomic E-state index is 0.0464. The molecule has 2 fully saturated rings. The Balaban J connectivity index is 1.76. The number of pyridine rings is 1. The predicted octanol–water partition coefficient (Wildman–Crippen LogP) is 1.92. The van der Waals surface area contributed by atoms with Gasteiger partial charge in [-0.25, -0.2) is 8.42 Å². The molecule has 132 valence electrons. The highest BCUT2D eigenvalue weighted by atomic mass is 35.5. The first-order valence-corrected chi connectivity index (χ1v) is 10.2. The van der Waals surface area contributed by atoms with Crippen LogP contribution in [0.25, 0.3) is 10.9 Å². The van der Waals surface area contributed by atoms with E-state index in [2.05, 4.69) is 4.98 Å². The number of nitrogens with zero attached hydrogens (tertiary/aromatic N) is 2. The Hall–Kier alpha value is -1.70. The van der Waals surface area contributed by atoms with Gasteiger partial charge in [-0.2, -0.15) is 0 Å². The molecule has 1 amide bonds. The monoisotopic (exact) mass is 380 g/mol. The summed E-state index contributed by atoms with van der Waals surface area (Å²) in [5.41, 5.74) is 0.988. The molecule has 3 heterocycles. The number of aromatic nitrogens is 1. The van der Waals surface area contributed by atoms with Gasteiger partial charge in [0.15, 0.2) is 9.84 Å². The van der Waals surface area contributed by atoms with Crippen molar-refractivity contribution >= 4 is 38.2 Å². The molecule has 25 heavy (non-hydrogen) atoms. The van der Waals surface area contributed by atoms with Crippen LogP contribution in [0.2, 0.25) is 5.02 Å². The van der Waals surface area contributed by atoms with Gasteiger partial charge in [0.25, 0.3) is 5.91 Å². The molecular formula is C17H17ClN2O4S.